The first-order chi connectivity index (χ1) is 13.7. The zero-order valence-corrected chi connectivity index (χ0v) is 15.5. The van der Waals surface area contributed by atoms with Crippen LogP contribution in [0.2, 0.25) is 5.02 Å². The third kappa shape index (κ3) is 2.93. The largest absolute Gasteiger partial charge is 0.351 e. The van der Waals surface area contributed by atoms with Gasteiger partial charge in [0.15, 0.2) is 5.78 Å². The minimum absolute atomic E-state index is 0.0572. The molecule has 2 unspecified atom stereocenters. The van der Waals surface area contributed by atoms with E-state index in [4.69, 9.17) is 16.2 Å². The summed E-state index contributed by atoms with van der Waals surface area (Å²) in [6.45, 7) is 0. The van der Waals surface area contributed by atoms with Crippen molar-refractivity contribution in [1.82, 2.24) is 15.3 Å². The second kappa shape index (κ2) is 6.76. The number of hydrogen-bond donors (Lipinski definition) is 2. The Bertz CT molecular complexity index is 1060. The number of ketones is 1. The highest BCUT2D eigenvalue weighted by atomic mass is 35.5. The van der Waals surface area contributed by atoms with Crippen LogP contribution in [-0.4, -0.2) is 21.1 Å². The van der Waals surface area contributed by atoms with Gasteiger partial charge in [0.05, 0.1) is 5.69 Å². The lowest BCUT2D eigenvalue weighted by molar-refractivity contribution is -0.116. The van der Waals surface area contributed by atoms with Crippen molar-refractivity contribution < 1.29 is 9.42 Å². The molecule has 3 heterocycles. The van der Waals surface area contributed by atoms with Gasteiger partial charge in [0.25, 0.3) is 0 Å². The average molecular weight is 394 g/mol. The Morgan fingerprint density at radius 3 is 2.64 bits per heavy atom. The summed E-state index contributed by atoms with van der Waals surface area (Å²) in [4.78, 5) is 17.7. The number of aromatic nitrogens is 3. The normalized spacial score (nSPS) is 21.2. The Hall–Kier alpha value is -3.19. The number of halogens is 1. The minimum Gasteiger partial charge on any atom is -0.351 e. The Morgan fingerprint density at radius 2 is 1.86 bits per heavy atom. The van der Waals surface area contributed by atoms with E-state index in [0.29, 0.717) is 35.1 Å². The summed E-state index contributed by atoms with van der Waals surface area (Å²) in [6.07, 6.45) is 2.80. The maximum atomic E-state index is 13.2. The lowest BCUT2D eigenvalue weighted by Crippen LogP contribution is -2.27. The van der Waals surface area contributed by atoms with E-state index in [0.717, 1.165) is 17.0 Å². The van der Waals surface area contributed by atoms with Gasteiger partial charge in [-0.3, -0.25) is 9.78 Å². The van der Waals surface area contributed by atoms with E-state index in [1.54, 1.807) is 6.20 Å². The predicted octanol–water partition coefficient (Wildman–Crippen LogP) is 4.10. The predicted molar refractivity (Wildman–Crippen MR) is 104 cm³/mol. The van der Waals surface area contributed by atoms with Crippen LogP contribution in [-0.2, 0) is 4.79 Å². The van der Waals surface area contributed by atoms with Crippen LogP contribution in [0.3, 0.4) is 0 Å². The van der Waals surface area contributed by atoms with Crippen LogP contribution in [0.25, 0.3) is 0 Å². The summed E-state index contributed by atoms with van der Waals surface area (Å²) in [5.41, 5.74) is 3.31. The van der Waals surface area contributed by atoms with E-state index in [2.05, 4.69) is 25.9 Å². The van der Waals surface area contributed by atoms with Crippen LogP contribution in [0.5, 0.6) is 0 Å². The number of carbonyl (C=O) groups is 1. The lowest BCUT2D eigenvalue weighted by atomic mass is 9.79. The highest BCUT2D eigenvalue weighted by molar-refractivity contribution is 6.30. The molecule has 2 aliphatic rings. The van der Waals surface area contributed by atoms with Gasteiger partial charge < -0.3 is 10.6 Å². The van der Waals surface area contributed by atoms with Gasteiger partial charge in [0, 0.05) is 28.9 Å². The van der Waals surface area contributed by atoms with Gasteiger partial charge in [-0.15, -0.1) is 0 Å². The van der Waals surface area contributed by atoms with E-state index in [1.165, 1.54) is 0 Å². The van der Waals surface area contributed by atoms with Crippen LogP contribution >= 0.6 is 11.6 Å². The van der Waals surface area contributed by atoms with E-state index in [1.807, 2.05) is 42.5 Å². The second-order valence-electron chi connectivity index (χ2n) is 6.89. The fourth-order valence-corrected chi connectivity index (χ4v) is 3.97. The molecule has 0 saturated carbocycles. The molecule has 1 aliphatic heterocycles. The fraction of sp³-hybridized carbons (Fsp3) is 0.200. The molecule has 28 heavy (non-hydrogen) atoms. The van der Waals surface area contributed by atoms with Crippen molar-refractivity contribution in [1.29, 1.82) is 0 Å². The Morgan fingerprint density at radius 1 is 1.04 bits per heavy atom. The Labute approximate surface area is 165 Å². The van der Waals surface area contributed by atoms with Crippen LogP contribution in [0.1, 0.15) is 36.1 Å². The first-order valence-corrected chi connectivity index (χ1v) is 9.35. The van der Waals surface area contributed by atoms with E-state index in [-0.39, 0.29) is 11.7 Å². The summed E-state index contributed by atoms with van der Waals surface area (Å²) in [5.74, 6) is 1.05. The molecule has 0 amide bonds. The van der Waals surface area contributed by atoms with Crippen molar-refractivity contribution in [2.75, 3.05) is 10.6 Å². The SMILES string of the molecule is O=C1CC(c2ccc(Cl)cc2)CC2=C1C(c1ccccn1)Nc1nonc1N2. The smallest absolute Gasteiger partial charge is 0.219 e. The summed E-state index contributed by atoms with van der Waals surface area (Å²) in [7, 11) is 0. The fourth-order valence-electron chi connectivity index (χ4n) is 3.84. The number of anilines is 2. The number of benzene rings is 1. The summed E-state index contributed by atoms with van der Waals surface area (Å²) in [5, 5.41) is 15.0. The van der Waals surface area contributed by atoms with Gasteiger partial charge in [-0.25, -0.2) is 4.63 Å². The number of nitrogens with zero attached hydrogens (tertiary/aromatic N) is 3. The molecule has 7 nitrogen and oxygen atoms in total. The summed E-state index contributed by atoms with van der Waals surface area (Å²) >= 11 is 6.01. The van der Waals surface area contributed by atoms with Crippen molar-refractivity contribution >= 4 is 29.0 Å². The van der Waals surface area contributed by atoms with E-state index < -0.39 is 6.04 Å². The third-order valence-corrected chi connectivity index (χ3v) is 5.41. The van der Waals surface area contributed by atoms with Crippen LogP contribution in [0, 0.1) is 0 Å². The number of allylic oxidation sites excluding steroid dienone is 1. The van der Waals surface area contributed by atoms with Gasteiger partial charge in [0.1, 0.15) is 6.04 Å². The zero-order valence-electron chi connectivity index (χ0n) is 14.7. The van der Waals surface area contributed by atoms with Crippen molar-refractivity contribution in [3.8, 4) is 0 Å². The highest BCUT2D eigenvalue weighted by Crippen LogP contribution is 2.43. The van der Waals surface area contributed by atoms with Gasteiger partial charge in [-0.2, -0.15) is 0 Å². The molecule has 0 spiro atoms. The molecule has 3 aromatic rings. The Kier molecular flexibility index (Phi) is 4.09. The van der Waals surface area contributed by atoms with Crippen molar-refractivity contribution in [3.63, 3.8) is 0 Å². The van der Waals surface area contributed by atoms with Crippen LogP contribution < -0.4 is 10.6 Å². The van der Waals surface area contributed by atoms with Crippen molar-refractivity contribution in [2.45, 2.75) is 24.8 Å². The molecule has 0 fully saturated rings. The van der Waals surface area contributed by atoms with E-state index in [9.17, 15) is 4.79 Å². The first-order valence-electron chi connectivity index (χ1n) is 8.98. The zero-order chi connectivity index (χ0) is 19.1. The quantitative estimate of drug-likeness (QED) is 0.677. The summed E-state index contributed by atoms with van der Waals surface area (Å²) in [6, 6.07) is 12.9. The molecular formula is C20H16ClN5O2. The van der Waals surface area contributed by atoms with Crippen LogP contribution in [0.15, 0.2) is 64.6 Å². The van der Waals surface area contributed by atoms with Crippen molar-refractivity contribution in [3.05, 3.63) is 76.2 Å². The first kappa shape index (κ1) is 16.9. The molecule has 2 atom stereocenters. The number of Topliss-reactive ketones (excluding diaryl/α,β-unsaturated/α-hetero) is 1. The molecule has 2 N–H and O–H groups in total. The molecule has 2 aromatic heterocycles. The number of carbonyl (C=O) groups excluding carboxylic acids is 1. The molecule has 8 heteroatoms. The lowest BCUT2D eigenvalue weighted by Gasteiger charge is -2.29. The maximum absolute atomic E-state index is 13.2. The third-order valence-electron chi connectivity index (χ3n) is 5.16. The molecule has 0 radical (unpaired) electrons. The van der Waals surface area contributed by atoms with Crippen molar-refractivity contribution in [2.24, 2.45) is 0 Å². The summed E-state index contributed by atoms with van der Waals surface area (Å²) < 4.78 is 4.87. The number of fused-ring (bicyclic) bond motifs is 1. The average Bonchev–Trinajstić information content (AvgIpc) is 3.08. The molecular weight excluding hydrogens is 378 g/mol. The molecule has 5 rings (SSSR count). The maximum Gasteiger partial charge on any atom is 0.219 e. The molecule has 140 valence electrons. The van der Waals surface area contributed by atoms with Gasteiger partial charge in [-0.05, 0) is 52.5 Å². The number of hydrogen-bond acceptors (Lipinski definition) is 7. The van der Waals surface area contributed by atoms with Gasteiger partial charge in [-0.1, -0.05) is 29.8 Å². The molecule has 1 aliphatic carbocycles. The second-order valence-corrected chi connectivity index (χ2v) is 7.33. The van der Waals surface area contributed by atoms with Gasteiger partial charge >= 0.3 is 0 Å². The van der Waals surface area contributed by atoms with Gasteiger partial charge in [0.2, 0.25) is 11.6 Å². The minimum atomic E-state index is -0.421. The molecule has 0 saturated heterocycles. The highest BCUT2D eigenvalue weighted by Gasteiger charge is 2.37. The topological polar surface area (TPSA) is 92.9 Å². The monoisotopic (exact) mass is 393 g/mol. The molecule has 0 bridgehead atoms. The number of pyridine rings is 1. The van der Waals surface area contributed by atoms with E-state index >= 15 is 0 Å². The standard InChI is InChI=1S/C20H16ClN5O2/c21-13-6-4-11(5-7-13)12-9-15-17(16(27)10-12)18(14-3-1-2-8-22-14)24-20-19(23-15)25-28-26-20/h1-8,12,18H,9-10H2,(H,23,25)(H,24,26). The van der Waals surface area contributed by atoms with Crippen LogP contribution in [0.4, 0.5) is 11.6 Å². The number of nitrogens with one attached hydrogen (secondary N) is 2. The Balaban J connectivity index is 1.58. The molecule has 1 aromatic carbocycles. The number of rotatable bonds is 2.